The van der Waals surface area contributed by atoms with Crippen LogP contribution < -0.4 is 15.8 Å². The topological polar surface area (TPSA) is 95.1 Å². The maximum atomic E-state index is 12.5. The number of nitrogens with two attached hydrogens (primary N) is 1. The number of carbonyl (C=O) groups is 1. The van der Waals surface area contributed by atoms with E-state index in [4.69, 9.17) is 22.1 Å². The fraction of sp³-hybridized carbons (Fsp3) is 0.167. The molecule has 7 nitrogen and oxygen atoms in total. The Morgan fingerprint density at radius 3 is 2.85 bits per heavy atom. The molecule has 134 valence electrons. The Kier molecular flexibility index (Phi) is 5.38. The van der Waals surface area contributed by atoms with Gasteiger partial charge in [0, 0.05) is 5.02 Å². The van der Waals surface area contributed by atoms with Crippen LogP contribution in [0.4, 0.5) is 11.5 Å². The molecule has 0 aliphatic carbocycles. The van der Waals surface area contributed by atoms with Gasteiger partial charge in [0.15, 0.2) is 11.5 Å². The molecule has 0 aliphatic heterocycles. The number of halogens is 1. The molecule has 1 heterocycles. The first-order valence-electron chi connectivity index (χ1n) is 8.05. The van der Waals surface area contributed by atoms with Crippen LogP contribution in [-0.2, 0) is 6.54 Å². The number of carbonyl (C=O) groups excluding carboxylic acids is 1. The smallest absolute Gasteiger partial charge is 0.280 e. The van der Waals surface area contributed by atoms with Crippen molar-refractivity contribution in [2.75, 3.05) is 17.7 Å². The molecule has 1 amide bonds. The largest absolute Gasteiger partial charge is 0.492 e. The normalized spacial score (nSPS) is 10.5. The van der Waals surface area contributed by atoms with Crippen molar-refractivity contribution in [1.82, 2.24) is 15.0 Å². The summed E-state index contributed by atoms with van der Waals surface area (Å²) < 4.78 is 6.95. The van der Waals surface area contributed by atoms with Crippen LogP contribution in [0.15, 0.2) is 48.5 Å². The van der Waals surface area contributed by atoms with Crippen LogP contribution in [0.1, 0.15) is 23.0 Å². The highest BCUT2D eigenvalue weighted by molar-refractivity contribution is 6.30. The number of anilines is 2. The molecule has 0 unspecified atom stereocenters. The van der Waals surface area contributed by atoms with E-state index in [1.807, 2.05) is 25.1 Å². The summed E-state index contributed by atoms with van der Waals surface area (Å²) in [7, 11) is 0. The van der Waals surface area contributed by atoms with Crippen LogP contribution in [0.2, 0.25) is 5.02 Å². The molecule has 0 radical (unpaired) electrons. The third kappa shape index (κ3) is 3.94. The van der Waals surface area contributed by atoms with E-state index in [9.17, 15) is 4.79 Å². The van der Waals surface area contributed by atoms with Gasteiger partial charge in [0.1, 0.15) is 5.75 Å². The summed E-state index contributed by atoms with van der Waals surface area (Å²) in [4.78, 5) is 12.5. The third-order valence-electron chi connectivity index (χ3n) is 3.64. The summed E-state index contributed by atoms with van der Waals surface area (Å²) in [6.07, 6.45) is 0. The van der Waals surface area contributed by atoms with Gasteiger partial charge >= 0.3 is 0 Å². The van der Waals surface area contributed by atoms with Gasteiger partial charge in [-0.25, -0.2) is 4.68 Å². The van der Waals surface area contributed by atoms with Crippen molar-refractivity contribution < 1.29 is 9.53 Å². The van der Waals surface area contributed by atoms with Gasteiger partial charge in [-0.1, -0.05) is 41.1 Å². The highest BCUT2D eigenvalue weighted by Crippen LogP contribution is 2.24. The molecule has 0 bridgehead atoms. The molecule has 3 rings (SSSR count). The fourth-order valence-electron chi connectivity index (χ4n) is 2.44. The van der Waals surface area contributed by atoms with Gasteiger partial charge < -0.3 is 15.8 Å². The number of para-hydroxylation sites is 2. The van der Waals surface area contributed by atoms with Gasteiger partial charge in [-0.05, 0) is 36.8 Å². The molecule has 0 spiro atoms. The second-order valence-electron chi connectivity index (χ2n) is 5.49. The molecule has 0 fully saturated rings. The maximum Gasteiger partial charge on any atom is 0.280 e. The second-order valence-corrected chi connectivity index (χ2v) is 5.93. The predicted molar refractivity (Wildman–Crippen MR) is 101 cm³/mol. The molecule has 3 aromatic rings. The van der Waals surface area contributed by atoms with Crippen molar-refractivity contribution in [3.8, 4) is 5.75 Å². The van der Waals surface area contributed by atoms with Crippen molar-refractivity contribution >= 4 is 29.0 Å². The highest BCUT2D eigenvalue weighted by atomic mass is 35.5. The summed E-state index contributed by atoms with van der Waals surface area (Å²) in [6.45, 7) is 2.73. The number of rotatable bonds is 6. The average Bonchev–Trinajstić information content (AvgIpc) is 2.98. The quantitative estimate of drug-likeness (QED) is 0.693. The third-order valence-corrected chi connectivity index (χ3v) is 3.88. The first kappa shape index (κ1) is 17.8. The van der Waals surface area contributed by atoms with Gasteiger partial charge in [-0.3, -0.25) is 4.79 Å². The van der Waals surface area contributed by atoms with E-state index in [-0.39, 0.29) is 11.5 Å². The van der Waals surface area contributed by atoms with Gasteiger partial charge in [-0.15, -0.1) is 5.10 Å². The van der Waals surface area contributed by atoms with Gasteiger partial charge in [-0.2, -0.15) is 0 Å². The molecule has 8 heteroatoms. The van der Waals surface area contributed by atoms with Crippen LogP contribution in [0.5, 0.6) is 5.75 Å². The summed E-state index contributed by atoms with van der Waals surface area (Å²) in [5, 5.41) is 11.3. The van der Waals surface area contributed by atoms with Crippen LogP contribution >= 0.6 is 11.6 Å². The van der Waals surface area contributed by atoms with E-state index >= 15 is 0 Å². The highest BCUT2D eigenvalue weighted by Gasteiger charge is 2.19. The molecule has 3 N–H and O–H groups in total. The van der Waals surface area contributed by atoms with Crippen LogP contribution in [0, 0.1) is 0 Å². The van der Waals surface area contributed by atoms with Gasteiger partial charge in [0.2, 0.25) is 0 Å². The zero-order valence-electron chi connectivity index (χ0n) is 14.1. The van der Waals surface area contributed by atoms with Crippen LogP contribution in [-0.4, -0.2) is 27.5 Å². The Morgan fingerprint density at radius 1 is 1.27 bits per heavy atom. The Hall–Kier alpha value is -3.06. The molecule has 0 saturated carbocycles. The van der Waals surface area contributed by atoms with Gasteiger partial charge in [0.25, 0.3) is 5.91 Å². The molecule has 0 atom stereocenters. The standard InChI is InChI=1S/C18H18ClN5O2/c1-2-26-15-9-4-3-8-14(15)21-18(25)16-17(20)24(23-22-16)11-12-6-5-7-13(19)10-12/h3-10H,2,11,20H2,1H3,(H,21,25). The molecular weight excluding hydrogens is 354 g/mol. The summed E-state index contributed by atoms with van der Waals surface area (Å²) >= 11 is 5.98. The van der Waals surface area contributed by atoms with Crippen LogP contribution in [0.3, 0.4) is 0 Å². The molecular formula is C18H18ClN5O2. The number of ether oxygens (including phenoxy) is 1. The minimum Gasteiger partial charge on any atom is -0.492 e. The van der Waals surface area contributed by atoms with Crippen molar-refractivity contribution in [3.63, 3.8) is 0 Å². The number of nitrogens with zero attached hydrogens (tertiary/aromatic N) is 3. The van der Waals surface area contributed by atoms with E-state index in [2.05, 4.69) is 15.6 Å². The summed E-state index contributed by atoms with van der Waals surface area (Å²) in [5.74, 6) is 0.302. The Balaban J connectivity index is 1.78. The number of hydrogen-bond donors (Lipinski definition) is 2. The fourth-order valence-corrected chi connectivity index (χ4v) is 2.65. The second kappa shape index (κ2) is 7.88. The first-order valence-corrected chi connectivity index (χ1v) is 8.43. The zero-order chi connectivity index (χ0) is 18.5. The lowest BCUT2D eigenvalue weighted by Gasteiger charge is -2.10. The molecule has 0 aliphatic rings. The molecule has 1 aromatic heterocycles. The number of benzene rings is 2. The van der Waals surface area contributed by atoms with Crippen molar-refractivity contribution in [2.24, 2.45) is 0 Å². The average molecular weight is 372 g/mol. The van der Waals surface area contributed by atoms with Crippen molar-refractivity contribution in [2.45, 2.75) is 13.5 Å². The molecule has 26 heavy (non-hydrogen) atoms. The van der Waals surface area contributed by atoms with E-state index in [0.29, 0.717) is 29.6 Å². The Bertz CT molecular complexity index is 925. The molecule has 0 saturated heterocycles. The number of aromatic nitrogens is 3. The number of hydrogen-bond acceptors (Lipinski definition) is 5. The predicted octanol–water partition coefficient (Wildman–Crippen LogP) is 3.21. The van der Waals surface area contributed by atoms with E-state index in [1.165, 1.54) is 4.68 Å². The monoisotopic (exact) mass is 371 g/mol. The van der Waals surface area contributed by atoms with E-state index in [1.54, 1.807) is 30.3 Å². The first-order chi connectivity index (χ1) is 12.6. The summed E-state index contributed by atoms with van der Waals surface area (Å²) in [6, 6.07) is 14.5. The lowest BCUT2D eigenvalue weighted by molar-refractivity contribution is 0.102. The summed E-state index contributed by atoms with van der Waals surface area (Å²) in [5.41, 5.74) is 7.56. The number of nitrogen functional groups attached to an aromatic ring is 1. The SMILES string of the molecule is CCOc1ccccc1NC(=O)c1nnn(Cc2cccc(Cl)c2)c1N. The van der Waals surface area contributed by atoms with E-state index in [0.717, 1.165) is 5.56 Å². The molecule has 2 aromatic carbocycles. The maximum absolute atomic E-state index is 12.5. The number of amides is 1. The Labute approximate surface area is 155 Å². The van der Waals surface area contributed by atoms with E-state index < -0.39 is 5.91 Å². The minimum atomic E-state index is -0.452. The van der Waals surface area contributed by atoms with Crippen molar-refractivity contribution in [1.29, 1.82) is 0 Å². The number of nitrogens with one attached hydrogen (secondary N) is 1. The van der Waals surface area contributed by atoms with Crippen molar-refractivity contribution in [3.05, 3.63) is 64.8 Å². The minimum absolute atomic E-state index is 0.0540. The lowest BCUT2D eigenvalue weighted by Crippen LogP contribution is -2.16. The zero-order valence-corrected chi connectivity index (χ0v) is 14.9. The van der Waals surface area contributed by atoms with Gasteiger partial charge in [0.05, 0.1) is 18.8 Å². The van der Waals surface area contributed by atoms with Crippen LogP contribution in [0.25, 0.3) is 0 Å². The lowest BCUT2D eigenvalue weighted by atomic mass is 10.2. The Morgan fingerprint density at radius 2 is 2.08 bits per heavy atom.